The third kappa shape index (κ3) is 1.68. The minimum Gasteiger partial charge on any atom is -0.284 e. The van der Waals surface area contributed by atoms with Crippen LogP contribution in [0.2, 0.25) is 0 Å². The van der Waals surface area contributed by atoms with Gasteiger partial charge >= 0.3 is 0 Å². The van der Waals surface area contributed by atoms with Crippen LogP contribution < -0.4 is 0 Å². The highest BCUT2D eigenvalue weighted by atomic mass is 16.1. The third-order valence-corrected chi connectivity index (χ3v) is 2.16. The molecule has 15 heavy (non-hydrogen) atoms. The Morgan fingerprint density at radius 1 is 1.33 bits per heavy atom. The SMILES string of the molecule is C#C/C=C\C(=O)n1ccc2ccccc21. The molecule has 1 aromatic carbocycles. The summed E-state index contributed by atoms with van der Waals surface area (Å²) >= 11 is 0. The summed E-state index contributed by atoms with van der Waals surface area (Å²) in [7, 11) is 0. The molecule has 0 amide bonds. The van der Waals surface area contributed by atoms with Crippen LogP contribution in [0.3, 0.4) is 0 Å². The molecule has 0 spiro atoms. The van der Waals surface area contributed by atoms with Crippen molar-refractivity contribution in [2.45, 2.75) is 0 Å². The summed E-state index contributed by atoms with van der Waals surface area (Å²) < 4.78 is 1.57. The first-order valence-corrected chi connectivity index (χ1v) is 4.56. The van der Waals surface area contributed by atoms with E-state index in [-0.39, 0.29) is 5.91 Å². The van der Waals surface area contributed by atoms with Gasteiger partial charge in [0, 0.05) is 17.7 Å². The van der Waals surface area contributed by atoms with Gasteiger partial charge in [-0.2, -0.15) is 0 Å². The molecule has 2 heteroatoms. The standard InChI is InChI=1S/C13H9NO/c1-2-3-8-13(15)14-10-9-11-6-4-5-7-12(11)14/h1,3-10H/b8-3-. The van der Waals surface area contributed by atoms with Crippen LogP contribution in [0.15, 0.2) is 48.7 Å². The lowest BCUT2D eigenvalue weighted by atomic mass is 10.2. The first-order valence-electron chi connectivity index (χ1n) is 4.56. The molecule has 1 aromatic heterocycles. The molecule has 2 nitrogen and oxygen atoms in total. The van der Waals surface area contributed by atoms with E-state index in [1.165, 1.54) is 12.2 Å². The normalized spacial score (nSPS) is 10.6. The predicted molar refractivity (Wildman–Crippen MR) is 60.5 cm³/mol. The second-order valence-electron chi connectivity index (χ2n) is 3.08. The second-order valence-corrected chi connectivity index (χ2v) is 3.08. The Bertz CT molecular complexity index is 569. The monoisotopic (exact) mass is 195 g/mol. The highest BCUT2D eigenvalue weighted by molar-refractivity contribution is 5.98. The Morgan fingerprint density at radius 3 is 2.93 bits per heavy atom. The number of para-hydroxylation sites is 1. The summed E-state index contributed by atoms with van der Waals surface area (Å²) in [6, 6.07) is 9.60. The largest absolute Gasteiger partial charge is 0.284 e. The van der Waals surface area contributed by atoms with Crippen molar-refractivity contribution in [3.8, 4) is 12.3 Å². The lowest BCUT2D eigenvalue weighted by Crippen LogP contribution is -2.04. The van der Waals surface area contributed by atoms with Crippen LogP contribution in [0.1, 0.15) is 4.79 Å². The fourth-order valence-corrected chi connectivity index (χ4v) is 1.47. The summed E-state index contributed by atoms with van der Waals surface area (Å²) in [4.78, 5) is 11.7. The molecule has 0 saturated carbocycles. The summed E-state index contributed by atoms with van der Waals surface area (Å²) in [5, 5.41) is 1.04. The average molecular weight is 195 g/mol. The lowest BCUT2D eigenvalue weighted by molar-refractivity contribution is 0.0974. The molecule has 0 bridgehead atoms. The van der Waals surface area contributed by atoms with E-state index in [2.05, 4.69) is 5.92 Å². The van der Waals surface area contributed by atoms with Gasteiger partial charge in [-0.3, -0.25) is 9.36 Å². The minimum atomic E-state index is -0.130. The summed E-state index contributed by atoms with van der Waals surface area (Å²) in [5.41, 5.74) is 0.893. The molecule has 0 aliphatic rings. The number of hydrogen-bond donors (Lipinski definition) is 0. The zero-order valence-corrected chi connectivity index (χ0v) is 8.05. The van der Waals surface area contributed by atoms with Crippen LogP contribution in [0.4, 0.5) is 0 Å². The molecule has 2 aromatic rings. The molecule has 0 aliphatic carbocycles. The Balaban J connectivity index is 2.49. The molecular formula is C13H9NO. The first kappa shape index (κ1) is 9.29. The van der Waals surface area contributed by atoms with Crippen LogP contribution in [0, 0.1) is 12.3 Å². The maximum atomic E-state index is 11.7. The van der Waals surface area contributed by atoms with Gasteiger partial charge in [-0.1, -0.05) is 24.1 Å². The maximum Gasteiger partial charge on any atom is 0.255 e. The van der Waals surface area contributed by atoms with Gasteiger partial charge < -0.3 is 0 Å². The molecule has 0 saturated heterocycles. The fraction of sp³-hybridized carbons (Fsp3) is 0. The van der Waals surface area contributed by atoms with Crippen molar-refractivity contribution >= 4 is 16.8 Å². The van der Waals surface area contributed by atoms with E-state index in [9.17, 15) is 4.79 Å². The lowest BCUT2D eigenvalue weighted by Gasteiger charge is -1.98. The van der Waals surface area contributed by atoms with E-state index in [0.717, 1.165) is 10.9 Å². The Morgan fingerprint density at radius 2 is 2.13 bits per heavy atom. The maximum absolute atomic E-state index is 11.7. The highest BCUT2D eigenvalue weighted by Gasteiger charge is 2.04. The number of allylic oxidation sites excluding steroid dienone is 2. The van der Waals surface area contributed by atoms with Crippen LogP contribution in [0.5, 0.6) is 0 Å². The second kappa shape index (κ2) is 3.85. The predicted octanol–water partition coefficient (Wildman–Crippen LogP) is 2.47. The van der Waals surface area contributed by atoms with Crippen molar-refractivity contribution in [1.82, 2.24) is 4.57 Å². The van der Waals surface area contributed by atoms with Crippen LogP contribution in [-0.2, 0) is 0 Å². The molecule has 2 rings (SSSR count). The van der Waals surface area contributed by atoms with E-state index in [4.69, 9.17) is 6.42 Å². The van der Waals surface area contributed by atoms with Crippen molar-refractivity contribution in [3.63, 3.8) is 0 Å². The van der Waals surface area contributed by atoms with Gasteiger partial charge in [-0.05, 0) is 18.2 Å². The quantitative estimate of drug-likeness (QED) is 0.506. The zero-order valence-electron chi connectivity index (χ0n) is 8.05. The summed E-state index contributed by atoms with van der Waals surface area (Å²) in [6.07, 6.45) is 9.57. The number of nitrogens with zero attached hydrogens (tertiary/aromatic N) is 1. The van der Waals surface area contributed by atoms with Crippen LogP contribution in [0.25, 0.3) is 10.9 Å². The molecule has 0 fully saturated rings. The van der Waals surface area contributed by atoms with Crippen LogP contribution >= 0.6 is 0 Å². The molecular weight excluding hydrogens is 186 g/mol. The van der Waals surface area contributed by atoms with Crippen molar-refractivity contribution < 1.29 is 4.79 Å². The summed E-state index contributed by atoms with van der Waals surface area (Å²) in [6.45, 7) is 0. The number of carbonyl (C=O) groups is 1. The van der Waals surface area contributed by atoms with Crippen molar-refractivity contribution in [2.24, 2.45) is 0 Å². The number of rotatable bonds is 1. The molecule has 72 valence electrons. The molecule has 0 N–H and O–H groups in total. The van der Waals surface area contributed by atoms with Crippen molar-refractivity contribution in [2.75, 3.05) is 0 Å². The number of aromatic nitrogens is 1. The number of carbonyl (C=O) groups excluding carboxylic acids is 1. The summed E-state index contributed by atoms with van der Waals surface area (Å²) in [5.74, 6) is 2.16. The zero-order chi connectivity index (χ0) is 10.7. The highest BCUT2D eigenvalue weighted by Crippen LogP contribution is 2.14. The van der Waals surface area contributed by atoms with Gasteiger partial charge in [0.2, 0.25) is 0 Å². The van der Waals surface area contributed by atoms with Crippen LogP contribution in [-0.4, -0.2) is 10.5 Å². The molecule has 1 heterocycles. The Hall–Kier alpha value is -2.27. The molecule has 0 unspecified atom stereocenters. The molecule has 0 atom stereocenters. The Kier molecular flexibility index (Phi) is 2.38. The number of terminal acetylenes is 1. The van der Waals surface area contributed by atoms with Crippen molar-refractivity contribution in [1.29, 1.82) is 0 Å². The van der Waals surface area contributed by atoms with Crippen molar-refractivity contribution in [3.05, 3.63) is 48.7 Å². The number of hydrogen-bond acceptors (Lipinski definition) is 1. The molecule has 0 aliphatic heterocycles. The van der Waals surface area contributed by atoms with Gasteiger partial charge in [-0.25, -0.2) is 0 Å². The van der Waals surface area contributed by atoms with Gasteiger partial charge in [-0.15, -0.1) is 6.42 Å². The topological polar surface area (TPSA) is 22.0 Å². The van der Waals surface area contributed by atoms with Gasteiger partial charge in [0.05, 0.1) is 5.52 Å². The van der Waals surface area contributed by atoms with Gasteiger partial charge in [0.1, 0.15) is 0 Å². The minimum absolute atomic E-state index is 0.130. The smallest absolute Gasteiger partial charge is 0.255 e. The average Bonchev–Trinajstić information content (AvgIpc) is 2.69. The Labute approximate surface area is 87.8 Å². The molecule has 0 radical (unpaired) electrons. The van der Waals surface area contributed by atoms with Gasteiger partial charge in [0.15, 0.2) is 0 Å². The van der Waals surface area contributed by atoms with E-state index < -0.39 is 0 Å². The third-order valence-electron chi connectivity index (χ3n) is 2.16. The van der Waals surface area contributed by atoms with E-state index in [0.29, 0.717) is 0 Å². The van der Waals surface area contributed by atoms with Gasteiger partial charge in [0.25, 0.3) is 5.91 Å². The number of benzene rings is 1. The first-order chi connectivity index (χ1) is 7.33. The van der Waals surface area contributed by atoms with E-state index in [1.54, 1.807) is 10.8 Å². The van der Waals surface area contributed by atoms with E-state index in [1.807, 2.05) is 30.3 Å². The fourth-order valence-electron chi connectivity index (χ4n) is 1.47. The number of fused-ring (bicyclic) bond motifs is 1. The van der Waals surface area contributed by atoms with E-state index >= 15 is 0 Å².